The van der Waals surface area contributed by atoms with E-state index in [9.17, 15) is 4.79 Å². The van der Waals surface area contributed by atoms with Gasteiger partial charge in [0.2, 0.25) is 5.91 Å². The second-order valence-corrected chi connectivity index (χ2v) is 4.82. The zero-order valence-corrected chi connectivity index (χ0v) is 10.2. The number of carbonyl (C=O) groups is 1. The molecule has 4 nitrogen and oxygen atoms in total. The van der Waals surface area contributed by atoms with Gasteiger partial charge in [-0.05, 0) is 32.0 Å². The SMILES string of the molecule is CNC1C(=O)Nc2cc(N(C)C3CC3)ccc21. The van der Waals surface area contributed by atoms with Crippen molar-refractivity contribution in [1.82, 2.24) is 5.32 Å². The molecule has 1 aliphatic carbocycles. The molecule has 3 rings (SSSR count). The number of anilines is 2. The van der Waals surface area contributed by atoms with E-state index in [2.05, 4.69) is 34.7 Å². The molecule has 1 unspecified atom stereocenters. The van der Waals surface area contributed by atoms with Crippen molar-refractivity contribution < 1.29 is 4.79 Å². The minimum atomic E-state index is -0.203. The van der Waals surface area contributed by atoms with Crippen molar-refractivity contribution in [1.29, 1.82) is 0 Å². The number of nitrogens with one attached hydrogen (secondary N) is 2. The highest BCUT2D eigenvalue weighted by Gasteiger charge is 2.31. The number of nitrogens with zero attached hydrogens (tertiary/aromatic N) is 1. The van der Waals surface area contributed by atoms with E-state index in [1.165, 1.54) is 18.5 Å². The van der Waals surface area contributed by atoms with Crippen molar-refractivity contribution in [2.75, 3.05) is 24.3 Å². The van der Waals surface area contributed by atoms with Crippen molar-refractivity contribution in [3.8, 4) is 0 Å². The third-order valence-corrected chi connectivity index (χ3v) is 3.66. The molecule has 0 saturated heterocycles. The Kier molecular flexibility index (Phi) is 2.33. The first-order valence-corrected chi connectivity index (χ1v) is 6.05. The molecule has 1 atom stereocenters. The van der Waals surface area contributed by atoms with E-state index in [-0.39, 0.29) is 11.9 Å². The molecule has 1 aliphatic heterocycles. The normalized spacial score (nSPS) is 22.2. The summed E-state index contributed by atoms with van der Waals surface area (Å²) < 4.78 is 0. The number of fused-ring (bicyclic) bond motifs is 1. The molecule has 1 aromatic carbocycles. The number of rotatable bonds is 3. The summed E-state index contributed by atoms with van der Waals surface area (Å²) in [6.07, 6.45) is 2.55. The van der Waals surface area contributed by atoms with Gasteiger partial charge in [-0.3, -0.25) is 4.79 Å². The molecule has 90 valence electrons. The number of carbonyl (C=O) groups excluding carboxylic acids is 1. The molecular weight excluding hydrogens is 214 g/mol. The van der Waals surface area contributed by atoms with Gasteiger partial charge >= 0.3 is 0 Å². The number of hydrogen-bond acceptors (Lipinski definition) is 3. The second-order valence-electron chi connectivity index (χ2n) is 4.82. The van der Waals surface area contributed by atoms with Crippen LogP contribution in [0.2, 0.25) is 0 Å². The molecular formula is C13H17N3O. The summed E-state index contributed by atoms with van der Waals surface area (Å²) in [5.74, 6) is 0.0359. The van der Waals surface area contributed by atoms with Crippen molar-refractivity contribution in [3.63, 3.8) is 0 Å². The topological polar surface area (TPSA) is 44.4 Å². The first-order chi connectivity index (χ1) is 8.20. The van der Waals surface area contributed by atoms with Crippen LogP contribution < -0.4 is 15.5 Å². The summed E-state index contributed by atoms with van der Waals surface area (Å²) in [6, 6.07) is 6.70. The smallest absolute Gasteiger partial charge is 0.246 e. The summed E-state index contributed by atoms with van der Waals surface area (Å²) in [6.45, 7) is 0. The summed E-state index contributed by atoms with van der Waals surface area (Å²) in [4.78, 5) is 14.0. The van der Waals surface area contributed by atoms with Gasteiger partial charge in [0.25, 0.3) is 0 Å². The van der Waals surface area contributed by atoms with E-state index in [1.54, 1.807) is 0 Å². The lowest BCUT2D eigenvalue weighted by Crippen LogP contribution is -2.23. The Morgan fingerprint density at radius 3 is 2.82 bits per heavy atom. The molecule has 17 heavy (non-hydrogen) atoms. The van der Waals surface area contributed by atoms with Crippen LogP contribution in [-0.2, 0) is 4.79 Å². The predicted octanol–water partition coefficient (Wildman–Crippen LogP) is 1.50. The average Bonchev–Trinajstić information content (AvgIpc) is 3.10. The Labute approximate surface area is 101 Å². The van der Waals surface area contributed by atoms with Gasteiger partial charge < -0.3 is 15.5 Å². The minimum Gasteiger partial charge on any atom is -0.372 e. The Hall–Kier alpha value is -1.55. The lowest BCUT2D eigenvalue weighted by atomic mass is 10.1. The van der Waals surface area contributed by atoms with E-state index in [1.807, 2.05) is 13.1 Å². The molecule has 2 aliphatic rings. The lowest BCUT2D eigenvalue weighted by molar-refractivity contribution is -0.117. The summed E-state index contributed by atoms with van der Waals surface area (Å²) >= 11 is 0. The summed E-state index contributed by atoms with van der Waals surface area (Å²) in [5, 5.41) is 5.95. The Balaban J connectivity index is 1.92. The van der Waals surface area contributed by atoms with E-state index in [0.717, 1.165) is 11.3 Å². The van der Waals surface area contributed by atoms with Gasteiger partial charge in [-0.2, -0.15) is 0 Å². The van der Waals surface area contributed by atoms with Crippen molar-refractivity contribution >= 4 is 17.3 Å². The van der Waals surface area contributed by atoms with Gasteiger partial charge in [-0.15, -0.1) is 0 Å². The highest BCUT2D eigenvalue weighted by Crippen LogP contribution is 2.36. The quantitative estimate of drug-likeness (QED) is 0.828. The molecule has 4 heteroatoms. The van der Waals surface area contributed by atoms with Gasteiger partial charge in [-0.25, -0.2) is 0 Å². The molecule has 2 N–H and O–H groups in total. The number of benzene rings is 1. The fraction of sp³-hybridized carbons (Fsp3) is 0.462. The highest BCUT2D eigenvalue weighted by molar-refractivity contribution is 6.03. The van der Waals surface area contributed by atoms with Crippen LogP contribution in [0.3, 0.4) is 0 Å². The fourth-order valence-corrected chi connectivity index (χ4v) is 2.43. The zero-order valence-electron chi connectivity index (χ0n) is 10.2. The van der Waals surface area contributed by atoms with Crippen LogP contribution in [0, 0.1) is 0 Å². The van der Waals surface area contributed by atoms with Crippen LogP contribution in [-0.4, -0.2) is 26.0 Å². The number of likely N-dealkylation sites (N-methyl/N-ethyl adjacent to an activating group) is 1. The van der Waals surface area contributed by atoms with Gasteiger partial charge in [0, 0.05) is 30.0 Å². The van der Waals surface area contributed by atoms with Crippen LogP contribution in [0.1, 0.15) is 24.4 Å². The Morgan fingerprint density at radius 2 is 2.18 bits per heavy atom. The van der Waals surface area contributed by atoms with Crippen LogP contribution in [0.15, 0.2) is 18.2 Å². The van der Waals surface area contributed by atoms with Crippen LogP contribution in [0.4, 0.5) is 11.4 Å². The van der Waals surface area contributed by atoms with Crippen LogP contribution in [0.5, 0.6) is 0 Å². The lowest BCUT2D eigenvalue weighted by Gasteiger charge is -2.19. The minimum absolute atomic E-state index is 0.0359. The molecule has 0 radical (unpaired) electrons. The molecule has 1 fully saturated rings. The van der Waals surface area contributed by atoms with E-state index in [4.69, 9.17) is 0 Å². The van der Waals surface area contributed by atoms with Crippen molar-refractivity contribution in [2.24, 2.45) is 0 Å². The maximum absolute atomic E-state index is 11.7. The first kappa shape index (κ1) is 10.6. The van der Waals surface area contributed by atoms with E-state index < -0.39 is 0 Å². The van der Waals surface area contributed by atoms with Crippen LogP contribution in [0.25, 0.3) is 0 Å². The monoisotopic (exact) mass is 231 g/mol. The molecule has 0 spiro atoms. The Bertz CT molecular complexity index is 468. The van der Waals surface area contributed by atoms with Gasteiger partial charge in [0.05, 0.1) is 0 Å². The van der Waals surface area contributed by atoms with Crippen LogP contribution >= 0.6 is 0 Å². The maximum atomic E-state index is 11.7. The van der Waals surface area contributed by atoms with Gasteiger partial charge in [0.1, 0.15) is 6.04 Å². The third-order valence-electron chi connectivity index (χ3n) is 3.66. The molecule has 1 amide bonds. The van der Waals surface area contributed by atoms with Gasteiger partial charge in [-0.1, -0.05) is 6.07 Å². The third kappa shape index (κ3) is 1.69. The molecule has 1 saturated carbocycles. The summed E-state index contributed by atoms with van der Waals surface area (Å²) in [5.41, 5.74) is 3.17. The van der Waals surface area contributed by atoms with Crippen molar-refractivity contribution in [2.45, 2.75) is 24.9 Å². The Morgan fingerprint density at radius 1 is 1.41 bits per heavy atom. The molecule has 0 bridgehead atoms. The number of hydrogen-bond donors (Lipinski definition) is 2. The summed E-state index contributed by atoms with van der Waals surface area (Å²) in [7, 11) is 3.93. The number of amides is 1. The maximum Gasteiger partial charge on any atom is 0.246 e. The average molecular weight is 231 g/mol. The van der Waals surface area contributed by atoms with Crippen molar-refractivity contribution in [3.05, 3.63) is 23.8 Å². The largest absolute Gasteiger partial charge is 0.372 e. The predicted molar refractivity (Wildman–Crippen MR) is 68.3 cm³/mol. The van der Waals surface area contributed by atoms with E-state index in [0.29, 0.717) is 6.04 Å². The second kappa shape index (κ2) is 3.74. The van der Waals surface area contributed by atoms with E-state index >= 15 is 0 Å². The van der Waals surface area contributed by atoms with Gasteiger partial charge in [0.15, 0.2) is 0 Å². The first-order valence-electron chi connectivity index (χ1n) is 6.05. The molecule has 0 aromatic heterocycles. The zero-order chi connectivity index (χ0) is 12.0. The molecule has 1 aromatic rings. The molecule has 1 heterocycles. The standard InChI is InChI=1S/C13H17N3O/c1-14-12-10-6-5-9(16(2)8-3-4-8)7-11(10)15-13(12)17/h5-8,12,14H,3-4H2,1-2H3,(H,15,17). The highest BCUT2D eigenvalue weighted by atomic mass is 16.2. The fourth-order valence-electron chi connectivity index (χ4n) is 2.43.